The van der Waals surface area contributed by atoms with E-state index in [0.717, 1.165) is 0 Å². The van der Waals surface area contributed by atoms with Crippen LogP contribution in [0.4, 0.5) is 0 Å². The number of aliphatic hydroxyl groups excluding tert-OH is 1. The Labute approximate surface area is 89.1 Å². The Hall–Kier alpha value is -1.57. The maximum atomic E-state index is 9.40. The fourth-order valence-corrected chi connectivity index (χ4v) is 1.17. The van der Waals surface area contributed by atoms with Gasteiger partial charge in [-0.15, -0.1) is 0 Å². The van der Waals surface area contributed by atoms with Gasteiger partial charge in [0.15, 0.2) is 0 Å². The molecule has 1 unspecified atom stereocenters. The number of benzene rings is 1. The third-order valence-corrected chi connectivity index (χ3v) is 1.88. The first-order chi connectivity index (χ1) is 7.27. The van der Waals surface area contributed by atoms with Crippen molar-refractivity contribution in [1.29, 1.82) is 5.26 Å². The summed E-state index contributed by atoms with van der Waals surface area (Å²) in [6.07, 6.45) is -0.568. The van der Waals surface area contributed by atoms with Crippen molar-refractivity contribution in [2.75, 3.05) is 20.2 Å². The summed E-state index contributed by atoms with van der Waals surface area (Å²) in [4.78, 5) is 0. The summed E-state index contributed by atoms with van der Waals surface area (Å²) in [6, 6.07) is 8.99. The Morgan fingerprint density at radius 3 is 2.93 bits per heavy atom. The van der Waals surface area contributed by atoms with Crippen LogP contribution >= 0.6 is 0 Å². The molecule has 0 aliphatic carbocycles. The van der Waals surface area contributed by atoms with E-state index in [9.17, 15) is 5.11 Å². The summed E-state index contributed by atoms with van der Waals surface area (Å²) in [6.45, 7) is 0.647. The first-order valence-corrected chi connectivity index (χ1v) is 4.72. The molecule has 0 spiro atoms. The molecule has 80 valence electrons. The highest BCUT2D eigenvalue weighted by Crippen LogP contribution is 2.16. The molecule has 1 atom stereocenters. The predicted molar refractivity (Wildman–Crippen MR) is 56.6 cm³/mol. The topological polar surface area (TPSA) is 65.3 Å². The van der Waals surface area contributed by atoms with E-state index >= 15 is 0 Å². The summed E-state index contributed by atoms with van der Waals surface area (Å²) < 4.78 is 5.33. The summed E-state index contributed by atoms with van der Waals surface area (Å²) in [5.41, 5.74) is 0.481. The van der Waals surface area contributed by atoms with Gasteiger partial charge in [-0.2, -0.15) is 5.26 Å². The number of nitrogens with zero attached hydrogens (tertiary/aromatic N) is 1. The molecule has 15 heavy (non-hydrogen) atoms. The van der Waals surface area contributed by atoms with Gasteiger partial charge in [0.1, 0.15) is 24.5 Å². The number of nitriles is 1. The molecule has 0 saturated carbocycles. The molecular formula is C11H14N2O2. The van der Waals surface area contributed by atoms with Crippen molar-refractivity contribution < 1.29 is 9.84 Å². The largest absolute Gasteiger partial charge is 0.489 e. The number of rotatable bonds is 5. The van der Waals surface area contributed by atoms with Crippen LogP contribution in [0.2, 0.25) is 0 Å². The number of likely N-dealkylation sites (N-methyl/N-ethyl adjacent to an activating group) is 1. The van der Waals surface area contributed by atoms with Gasteiger partial charge in [-0.25, -0.2) is 0 Å². The molecule has 0 amide bonds. The van der Waals surface area contributed by atoms with Gasteiger partial charge in [-0.1, -0.05) is 12.1 Å². The van der Waals surface area contributed by atoms with Crippen LogP contribution < -0.4 is 10.1 Å². The number of ether oxygens (including phenoxy) is 1. The molecular weight excluding hydrogens is 192 g/mol. The minimum absolute atomic E-state index is 0.180. The number of hydrogen-bond donors (Lipinski definition) is 2. The molecule has 0 aliphatic heterocycles. The number of para-hydroxylation sites is 1. The van der Waals surface area contributed by atoms with Gasteiger partial charge >= 0.3 is 0 Å². The van der Waals surface area contributed by atoms with E-state index < -0.39 is 6.10 Å². The Balaban J connectivity index is 2.54. The zero-order chi connectivity index (χ0) is 11.1. The van der Waals surface area contributed by atoms with Crippen molar-refractivity contribution in [3.63, 3.8) is 0 Å². The van der Waals surface area contributed by atoms with Gasteiger partial charge < -0.3 is 15.2 Å². The summed E-state index contributed by atoms with van der Waals surface area (Å²) in [5, 5.41) is 21.0. The van der Waals surface area contributed by atoms with Gasteiger partial charge in [-0.3, -0.25) is 0 Å². The van der Waals surface area contributed by atoms with E-state index in [1.807, 2.05) is 6.07 Å². The van der Waals surface area contributed by atoms with Crippen LogP contribution in [0.3, 0.4) is 0 Å². The third kappa shape index (κ3) is 3.58. The average Bonchev–Trinajstić information content (AvgIpc) is 2.27. The van der Waals surface area contributed by atoms with Crippen molar-refractivity contribution >= 4 is 0 Å². The predicted octanol–water partition coefficient (Wildman–Crippen LogP) is 0.517. The molecule has 1 rings (SSSR count). The monoisotopic (exact) mass is 206 g/mol. The lowest BCUT2D eigenvalue weighted by Crippen LogP contribution is -2.29. The Bertz CT molecular complexity index is 347. The van der Waals surface area contributed by atoms with Crippen LogP contribution in [0, 0.1) is 11.3 Å². The van der Waals surface area contributed by atoms with E-state index in [1.54, 1.807) is 31.3 Å². The van der Waals surface area contributed by atoms with Gasteiger partial charge in [0.05, 0.1) is 5.56 Å². The van der Waals surface area contributed by atoms with Gasteiger partial charge in [0, 0.05) is 6.54 Å². The van der Waals surface area contributed by atoms with E-state index in [1.165, 1.54) is 0 Å². The zero-order valence-corrected chi connectivity index (χ0v) is 8.60. The lowest BCUT2D eigenvalue weighted by Gasteiger charge is -2.12. The SMILES string of the molecule is CNCC(O)COc1ccccc1C#N. The number of nitrogens with one attached hydrogen (secondary N) is 1. The highest BCUT2D eigenvalue weighted by molar-refractivity contribution is 5.42. The second kappa shape index (κ2) is 6.02. The Kier molecular flexibility index (Phi) is 4.61. The van der Waals surface area contributed by atoms with Crippen LogP contribution in [0.25, 0.3) is 0 Å². The van der Waals surface area contributed by atoms with Crippen LogP contribution in [-0.4, -0.2) is 31.4 Å². The summed E-state index contributed by atoms with van der Waals surface area (Å²) in [7, 11) is 1.76. The Morgan fingerprint density at radius 1 is 1.53 bits per heavy atom. The van der Waals surface area contributed by atoms with E-state index in [2.05, 4.69) is 5.32 Å². The Morgan fingerprint density at radius 2 is 2.27 bits per heavy atom. The van der Waals surface area contributed by atoms with Crippen molar-refractivity contribution in [3.05, 3.63) is 29.8 Å². The second-order valence-corrected chi connectivity index (χ2v) is 3.13. The standard InChI is InChI=1S/C11H14N2O2/c1-13-7-10(14)8-15-11-5-3-2-4-9(11)6-12/h2-5,10,13-14H,7-8H2,1H3. The van der Waals surface area contributed by atoms with Crippen molar-refractivity contribution in [3.8, 4) is 11.8 Å². The normalized spacial score (nSPS) is 11.8. The first-order valence-electron chi connectivity index (χ1n) is 4.72. The van der Waals surface area contributed by atoms with Gasteiger partial charge in [-0.05, 0) is 19.2 Å². The fourth-order valence-electron chi connectivity index (χ4n) is 1.17. The first kappa shape index (κ1) is 11.5. The van der Waals surface area contributed by atoms with Crippen molar-refractivity contribution in [1.82, 2.24) is 5.32 Å². The maximum Gasteiger partial charge on any atom is 0.137 e. The zero-order valence-electron chi connectivity index (χ0n) is 8.60. The number of hydrogen-bond acceptors (Lipinski definition) is 4. The van der Waals surface area contributed by atoms with Gasteiger partial charge in [0.2, 0.25) is 0 Å². The smallest absolute Gasteiger partial charge is 0.137 e. The number of aliphatic hydroxyl groups is 1. The fraction of sp³-hybridized carbons (Fsp3) is 0.364. The van der Waals surface area contributed by atoms with Crippen LogP contribution in [-0.2, 0) is 0 Å². The molecule has 0 aromatic heterocycles. The van der Waals surface area contributed by atoms with E-state index in [4.69, 9.17) is 10.00 Å². The molecule has 0 heterocycles. The molecule has 0 fully saturated rings. The van der Waals surface area contributed by atoms with E-state index in [0.29, 0.717) is 17.9 Å². The molecule has 0 radical (unpaired) electrons. The minimum atomic E-state index is -0.568. The quantitative estimate of drug-likeness (QED) is 0.737. The minimum Gasteiger partial charge on any atom is -0.489 e. The van der Waals surface area contributed by atoms with E-state index in [-0.39, 0.29) is 6.61 Å². The lowest BCUT2D eigenvalue weighted by atomic mass is 10.2. The molecule has 0 saturated heterocycles. The molecule has 0 bridgehead atoms. The van der Waals surface area contributed by atoms with Crippen molar-refractivity contribution in [2.45, 2.75) is 6.10 Å². The van der Waals surface area contributed by atoms with Crippen LogP contribution in [0.5, 0.6) is 5.75 Å². The summed E-state index contributed by atoms with van der Waals surface area (Å²) >= 11 is 0. The highest BCUT2D eigenvalue weighted by Gasteiger charge is 2.06. The average molecular weight is 206 g/mol. The third-order valence-electron chi connectivity index (χ3n) is 1.88. The van der Waals surface area contributed by atoms with Crippen LogP contribution in [0.15, 0.2) is 24.3 Å². The highest BCUT2D eigenvalue weighted by atomic mass is 16.5. The molecule has 4 heteroatoms. The molecule has 1 aromatic carbocycles. The second-order valence-electron chi connectivity index (χ2n) is 3.13. The molecule has 2 N–H and O–H groups in total. The maximum absolute atomic E-state index is 9.40. The summed E-state index contributed by atoms with van der Waals surface area (Å²) in [5.74, 6) is 0.509. The van der Waals surface area contributed by atoms with Gasteiger partial charge in [0.25, 0.3) is 0 Å². The molecule has 1 aromatic rings. The molecule has 0 aliphatic rings. The van der Waals surface area contributed by atoms with Crippen LogP contribution in [0.1, 0.15) is 5.56 Å². The van der Waals surface area contributed by atoms with Crippen molar-refractivity contribution in [2.24, 2.45) is 0 Å². The lowest BCUT2D eigenvalue weighted by molar-refractivity contribution is 0.108. The molecule has 4 nitrogen and oxygen atoms in total.